The van der Waals surface area contributed by atoms with Crippen LogP contribution in [0.1, 0.15) is 31.9 Å². The van der Waals surface area contributed by atoms with E-state index in [1.807, 2.05) is 24.6 Å². The highest BCUT2D eigenvalue weighted by Crippen LogP contribution is 2.19. The predicted octanol–water partition coefficient (Wildman–Crippen LogP) is 3.86. The molecular formula is C18H18F2N4O. The SMILES string of the molecule is CC(C)n1ncc2cc(NC(=O)CCc3ccc(F)c(F)c3)cnc21. The van der Waals surface area contributed by atoms with E-state index in [1.54, 1.807) is 12.4 Å². The largest absolute Gasteiger partial charge is 0.325 e. The van der Waals surface area contributed by atoms with E-state index >= 15 is 0 Å². The second-order valence-corrected chi connectivity index (χ2v) is 6.12. The number of pyridine rings is 1. The molecule has 5 nitrogen and oxygen atoms in total. The summed E-state index contributed by atoms with van der Waals surface area (Å²) in [6.45, 7) is 4.03. The summed E-state index contributed by atoms with van der Waals surface area (Å²) in [4.78, 5) is 16.4. The summed E-state index contributed by atoms with van der Waals surface area (Å²) in [7, 11) is 0. The maximum absolute atomic E-state index is 13.2. The molecule has 2 aromatic heterocycles. The van der Waals surface area contributed by atoms with Gasteiger partial charge >= 0.3 is 0 Å². The molecule has 0 bridgehead atoms. The summed E-state index contributed by atoms with van der Waals surface area (Å²) in [5, 5.41) is 7.88. The number of hydrogen-bond donors (Lipinski definition) is 1. The van der Waals surface area contributed by atoms with Crippen molar-refractivity contribution in [1.29, 1.82) is 0 Å². The Balaban J connectivity index is 1.64. The quantitative estimate of drug-likeness (QED) is 0.764. The van der Waals surface area contributed by atoms with Crippen molar-refractivity contribution in [2.45, 2.75) is 32.7 Å². The third kappa shape index (κ3) is 3.81. The molecule has 0 spiro atoms. The van der Waals surface area contributed by atoms with Crippen LogP contribution >= 0.6 is 0 Å². The van der Waals surface area contributed by atoms with E-state index in [0.29, 0.717) is 17.7 Å². The number of halogens is 2. The van der Waals surface area contributed by atoms with Crippen LogP contribution in [0.4, 0.5) is 14.5 Å². The highest BCUT2D eigenvalue weighted by Gasteiger charge is 2.10. The number of aromatic nitrogens is 3. The van der Waals surface area contributed by atoms with E-state index in [-0.39, 0.29) is 18.4 Å². The van der Waals surface area contributed by atoms with Gasteiger partial charge in [0.1, 0.15) is 0 Å². The molecule has 0 atom stereocenters. The van der Waals surface area contributed by atoms with Gasteiger partial charge in [-0.25, -0.2) is 18.4 Å². The minimum Gasteiger partial charge on any atom is -0.325 e. The standard InChI is InChI=1S/C18H18F2N4O/c1-11(2)24-18-13(9-22-24)8-14(10-21-18)23-17(25)6-4-12-3-5-15(19)16(20)7-12/h3,5,7-11H,4,6H2,1-2H3,(H,23,25). The molecule has 0 saturated heterocycles. The van der Waals surface area contributed by atoms with E-state index < -0.39 is 11.6 Å². The molecule has 0 radical (unpaired) electrons. The number of carbonyl (C=O) groups excluding carboxylic acids is 1. The fourth-order valence-corrected chi connectivity index (χ4v) is 2.56. The van der Waals surface area contributed by atoms with E-state index in [1.165, 1.54) is 6.07 Å². The van der Waals surface area contributed by atoms with Gasteiger partial charge in [0.2, 0.25) is 5.91 Å². The summed E-state index contributed by atoms with van der Waals surface area (Å²) < 4.78 is 27.9. The highest BCUT2D eigenvalue weighted by molar-refractivity contribution is 5.92. The summed E-state index contributed by atoms with van der Waals surface area (Å²) >= 11 is 0. The number of rotatable bonds is 5. The lowest BCUT2D eigenvalue weighted by Crippen LogP contribution is -2.12. The number of nitrogens with one attached hydrogen (secondary N) is 1. The lowest BCUT2D eigenvalue weighted by atomic mass is 10.1. The Morgan fingerprint density at radius 2 is 2.00 bits per heavy atom. The van der Waals surface area contributed by atoms with Crippen LogP contribution in [0.15, 0.2) is 36.7 Å². The first-order chi connectivity index (χ1) is 11.9. The van der Waals surface area contributed by atoms with E-state index in [2.05, 4.69) is 15.4 Å². The van der Waals surface area contributed by atoms with Gasteiger partial charge in [0.05, 0.1) is 18.1 Å². The lowest BCUT2D eigenvalue weighted by Gasteiger charge is -2.08. The van der Waals surface area contributed by atoms with Gasteiger partial charge in [0, 0.05) is 17.8 Å². The van der Waals surface area contributed by atoms with E-state index in [9.17, 15) is 13.6 Å². The van der Waals surface area contributed by atoms with Crippen LogP contribution < -0.4 is 5.32 Å². The number of aryl methyl sites for hydroxylation is 1. The first kappa shape index (κ1) is 17.0. The fraction of sp³-hybridized carbons (Fsp3) is 0.278. The monoisotopic (exact) mass is 344 g/mol. The Labute approximate surface area is 143 Å². The molecule has 0 aliphatic heterocycles. The Morgan fingerprint density at radius 1 is 1.20 bits per heavy atom. The average Bonchev–Trinajstić information content (AvgIpc) is 2.99. The minimum atomic E-state index is -0.908. The first-order valence-corrected chi connectivity index (χ1v) is 8.01. The summed E-state index contributed by atoms with van der Waals surface area (Å²) in [6, 6.07) is 5.65. The molecule has 1 N–H and O–H groups in total. The Hall–Kier alpha value is -2.83. The molecule has 7 heteroatoms. The Morgan fingerprint density at radius 3 is 2.72 bits per heavy atom. The van der Waals surface area contributed by atoms with Gasteiger partial charge in [-0.3, -0.25) is 4.79 Å². The third-order valence-corrected chi connectivity index (χ3v) is 3.83. The first-order valence-electron chi connectivity index (χ1n) is 8.01. The molecular weight excluding hydrogens is 326 g/mol. The summed E-state index contributed by atoms with van der Waals surface area (Å²) in [5.41, 5.74) is 1.90. The number of anilines is 1. The maximum Gasteiger partial charge on any atom is 0.224 e. The highest BCUT2D eigenvalue weighted by atomic mass is 19.2. The second-order valence-electron chi connectivity index (χ2n) is 6.12. The molecule has 1 aromatic carbocycles. The lowest BCUT2D eigenvalue weighted by molar-refractivity contribution is -0.116. The van der Waals surface area contributed by atoms with E-state index in [0.717, 1.165) is 23.2 Å². The van der Waals surface area contributed by atoms with Crippen molar-refractivity contribution in [1.82, 2.24) is 14.8 Å². The molecule has 0 saturated carbocycles. The van der Waals surface area contributed by atoms with Crippen molar-refractivity contribution in [2.24, 2.45) is 0 Å². The zero-order valence-electron chi connectivity index (χ0n) is 14.0. The molecule has 0 aliphatic rings. The maximum atomic E-state index is 13.2. The van der Waals surface area contributed by atoms with Crippen LogP contribution in [0, 0.1) is 11.6 Å². The summed E-state index contributed by atoms with van der Waals surface area (Å²) in [5.74, 6) is -2.02. The fourth-order valence-electron chi connectivity index (χ4n) is 2.56. The van der Waals surface area contributed by atoms with Crippen LogP contribution in [0.25, 0.3) is 11.0 Å². The number of carbonyl (C=O) groups is 1. The van der Waals surface area contributed by atoms with Crippen molar-refractivity contribution in [3.8, 4) is 0 Å². The topological polar surface area (TPSA) is 59.8 Å². The molecule has 0 fully saturated rings. The van der Waals surface area contributed by atoms with Gasteiger partial charge in [-0.15, -0.1) is 0 Å². The second kappa shape index (κ2) is 6.96. The van der Waals surface area contributed by atoms with Gasteiger partial charge in [-0.1, -0.05) is 6.07 Å². The molecule has 2 heterocycles. The molecule has 3 rings (SSSR count). The van der Waals surface area contributed by atoms with Gasteiger partial charge in [0.15, 0.2) is 17.3 Å². The van der Waals surface area contributed by atoms with Crippen LogP contribution in [-0.2, 0) is 11.2 Å². The van der Waals surface area contributed by atoms with E-state index in [4.69, 9.17) is 0 Å². The zero-order chi connectivity index (χ0) is 18.0. The summed E-state index contributed by atoms with van der Waals surface area (Å²) in [6.07, 6.45) is 3.77. The number of amides is 1. The smallest absolute Gasteiger partial charge is 0.224 e. The Bertz CT molecular complexity index is 921. The van der Waals surface area contributed by atoms with Gasteiger partial charge in [0.25, 0.3) is 0 Å². The van der Waals surface area contributed by atoms with Gasteiger partial charge in [-0.2, -0.15) is 5.10 Å². The molecule has 0 aliphatic carbocycles. The normalized spacial score (nSPS) is 11.2. The molecule has 0 unspecified atom stereocenters. The van der Waals surface area contributed by atoms with Crippen LogP contribution in [0.3, 0.4) is 0 Å². The van der Waals surface area contributed by atoms with Gasteiger partial charge < -0.3 is 5.32 Å². The molecule has 25 heavy (non-hydrogen) atoms. The molecule has 1 amide bonds. The number of hydrogen-bond acceptors (Lipinski definition) is 3. The van der Waals surface area contributed by atoms with Crippen LogP contribution in [0.2, 0.25) is 0 Å². The predicted molar refractivity (Wildman–Crippen MR) is 91.2 cm³/mol. The number of nitrogens with zero attached hydrogens (tertiary/aromatic N) is 3. The van der Waals surface area contributed by atoms with Crippen LogP contribution in [0.5, 0.6) is 0 Å². The molecule has 130 valence electrons. The zero-order valence-corrected chi connectivity index (χ0v) is 14.0. The van der Waals surface area contributed by atoms with Crippen LogP contribution in [-0.4, -0.2) is 20.7 Å². The number of benzene rings is 1. The third-order valence-electron chi connectivity index (χ3n) is 3.83. The van der Waals surface area contributed by atoms with Crippen molar-refractivity contribution in [3.63, 3.8) is 0 Å². The van der Waals surface area contributed by atoms with Crippen molar-refractivity contribution < 1.29 is 13.6 Å². The Kier molecular flexibility index (Phi) is 4.74. The van der Waals surface area contributed by atoms with Crippen molar-refractivity contribution in [2.75, 3.05) is 5.32 Å². The minimum absolute atomic E-state index is 0.161. The molecule has 3 aromatic rings. The van der Waals surface area contributed by atoms with Gasteiger partial charge in [-0.05, 0) is 44.0 Å². The van der Waals surface area contributed by atoms with Crippen molar-refractivity contribution in [3.05, 3.63) is 53.9 Å². The average molecular weight is 344 g/mol. The van der Waals surface area contributed by atoms with Crippen molar-refractivity contribution >= 4 is 22.6 Å². The number of fused-ring (bicyclic) bond motifs is 1.